The van der Waals surface area contributed by atoms with E-state index < -0.39 is 0 Å². The van der Waals surface area contributed by atoms with E-state index in [4.69, 9.17) is 0 Å². The molecule has 0 spiro atoms. The third kappa shape index (κ3) is 3.04. The van der Waals surface area contributed by atoms with Gasteiger partial charge in [-0.2, -0.15) is 0 Å². The number of hydrogen-bond acceptors (Lipinski definition) is 1. The monoisotopic (exact) mass is 337 g/mol. The molecule has 3 heterocycles. The molecule has 0 amide bonds. The van der Waals surface area contributed by atoms with E-state index in [1.807, 2.05) is 0 Å². The second-order valence-corrected chi connectivity index (χ2v) is 10.3. The van der Waals surface area contributed by atoms with Crippen LogP contribution in [0.5, 0.6) is 0 Å². The highest BCUT2D eigenvalue weighted by Crippen LogP contribution is 2.48. The summed E-state index contributed by atoms with van der Waals surface area (Å²) < 4.78 is 0. The van der Waals surface area contributed by atoms with E-state index in [1.54, 1.807) is 11.2 Å². The molecule has 0 radical (unpaired) electrons. The van der Waals surface area contributed by atoms with E-state index >= 15 is 0 Å². The summed E-state index contributed by atoms with van der Waals surface area (Å²) in [5.74, 6) is 1.87. The number of hydrogen-bond donors (Lipinski definition) is 0. The third-order valence-electron chi connectivity index (χ3n) is 7.64. The molecule has 136 valence electrons. The molecular formula is C23H36BN. The molecule has 1 aromatic rings. The molecule has 2 bridgehead atoms. The van der Waals surface area contributed by atoms with Gasteiger partial charge in [-0.3, -0.25) is 0 Å². The molecule has 0 aromatic heterocycles. The average Bonchev–Trinajstić information content (AvgIpc) is 2.53. The van der Waals surface area contributed by atoms with Crippen molar-refractivity contribution in [3.05, 3.63) is 24.3 Å². The summed E-state index contributed by atoms with van der Waals surface area (Å²) in [5, 5.41) is 0. The van der Waals surface area contributed by atoms with Crippen molar-refractivity contribution in [2.45, 2.75) is 108 Å². The summed E-state index contributed by atoms with van der Waals surface area (Å²) in [7, 11) is 0. The quantitative estimate of drug-likeness (QED) is 0.594. The highest BCUT2D eigenvalue weighted by molar-refractivity contribution is 6.77. The van der Waals surface area contributed by atoms with Crippen LogP contribution in [0.15, 0.2) is 24.3 Å². The highest BCUT2D eigenvalue weighted by atomic mass is 15.3. The maximum absolute atomic E-state index is 2.81. The number of nitrogens with zero attached hydrogens (tertiary/aromatic N) is 1. The van der Waals surface area contributed by atoms with Crippen LogP contribution in [0.25, 0.3) is 0 Å². The van der Waals surface area contributed by atoms with Crippen molar-refractivity contribution in [1.82, 2.24) is 0 Å². The number of benzene rings is 1. The molecule has 3 aliphatic rings. The molecular weight excluding hydrogens is 301 g/mol. The van der Waals surface area contributed by atoms with E-state index in [1.165, 1.54) is 57.8 Å². The molecule has 2 heteroatoms. The summed E-state index contributed by atoms with van der Waals surface area (Å²) in [4.78, 5) is 2.81. The van der Waals surface area contributed by atoms with Gasteiger partial charge in [-0.05, 0) is 53.0 Å². The Hall–Kier alpha value is -0.915. The molecule has 25 heavy (non-hydrogen) atoms. The predicted molar refractivity (Wildman–Crippen MR) is 112 cm³/mol. The number of rotatable bonds is 2. The van der Waals surface area contributed by atoms with Crippen LogP contribution in [-0.4, -0.2) is 17.8 Å². The van der Waals surface area contributed by atoms with Crippen molar-refractivity contribution in [1.29, 1.82) is 0 Å². The predicted octanol–water partition coefficient (Wildman–Crippen LogP) is 6.04. The molecule has 0 saturated carbocycles. The standard InChI is InChI=1S/C23H36BN/c1-22(2)16-9-17-23(3,4)25(22)21-15-6-5-14-20(21)24-18-10-7-11-19(24)13-8-12-18/h5-6,14-15,18-19H,7-13,16-17H2,1-4H3. The molecule has 3 saturated heterocycles. The van der Waals surface area contributed by atoms with Crippen molar-refractivity contribution in [2.75, 3.05) is 4.90 Å². The van der Waals surface area contributed by atoms with E-state index in [-0.39, 0.29) is 11.1 Å². The SMILES string of the molecule is CC1(C)CCCC(C)(C)N1c1ccccc1B1C2CCCC1CCC2. The number of anilines is 1. The molecule has 3 fully saturated rings. The van der Waals surface area contributed by atoms with Gasteiger partial charge in [0.25, 0.3) is 0 Å². The van der Waals surface area contributed by atoms with Gasteiger partial charge < -0.3 is 4.90 Å². The van der Waals surface area contributed by atoms with Gasteiger partial charge in [0.2, 0.25) is 0 Å². The lowest BCUT2D eigenvalue weighted by Crippen LogP contribution is -2.61. The minimum absolute atomic E-state index is 0.252. The second-order valence-electron chi connectivity index (χ2n) is 10.3. The Labute approximate surface area is 155 Å². The lowest BCUT2D eigenvalue weighted by Gasteiger charge is -2.56. The van der Waals surface area contributed by atoms with Crippen LogP contribution in [0.4, 0.5) is 5.69 Å². The van der Waals surface area contributed by atoms with Gasteiger partial charge in [-0.15, -0.1) is 0 Å². The van der Waals surface area contributed by atoms with Gasteiger partial charge in [-0.1, -0.05) is 73.8 Å². The van der Waals surface area contributed by atoms with Crippen LogP contribution in [-0.2, 0) is 0 Å². The lowest BCUT2D eigenvalue weighted by molar-refractivity contribution is 0.244. The largest absolute Gasteiger partial charge is 0.362 e. The lowest BCUT2D eigenvalue weighted by atomic mass is 9.24. The zero-order chi connectivity index (χ0) is 17.7. The first-order chi connectivity index (χ1) is 11.9. The van der Waals surface area contributed by atoms with Crippen molar-refractivity contribution < 1.29 is 0 Å². The molecule has 1 aromatic carbocycles. The minimum Gasteiger partial charge on any atom is -0.362 e. The molecule has 3 aliphatic heterocycles. The number of para-hydroxylation sites is 1. The molecule has 0 unspecified atom stereocenters. The van der Waals surface area contributed by atoms with E-state index in [9.17, 15) is 0 Å². The first kappa shape index (κ1) is 17.5. The Kier molecular flexibility index (Phi) is 4.45. The fourth-order valence-corrected chi connectivity index (χ4v) is 6.81. The molecule has 0 atom stereocenters. The average molecular weight is 337 g/mol. The second kappa shape index (κ2) is 6.36. The van der Waals surface area contributed by atoms with Gasteiger partial charge >= 0.3 is 0 Å². The topological polar surface area (TPSA) is 3.24 Å². The van der Waals surface area contributed by atoms with Gasteiger partial charge in [0.1, 0.15) is 0 Å². The smallest absolute Gasteiger partial charge is 0.184 e. The summed E-state index contributed by atoms with van der Waals surface area (Å²) in [6, 6.07) is 9.50. The van der Waals surface area contributed by atoms with Crippen molar-refractivity contribution in [3.63, 3.8) is 0 Å². The van der Waals surface area contributed by atoms with Crippen LogP contribution in [0.2, 0.25) is 11.6 Å². The van der Waals surface area contributed by atoms with Crippen LogP contribution >= 0.6 is 0 Å². The van der Waals surface area contributed by atoms with Crippen molar-refractivity contribution in [2.24, 2.45) is 0 Å². The van der Waals surface area contributed by atoms with Gasteiger partial charge in [0, 0.05) is 16.8 Å². The molecule has 0 aliphatic carbocycles. The van der Waals surface area contributed by atoms with Crippen LogP contribution in [0.3, 0.4) is 0 Å². The summed E-state index contributed by atoms with van der Waals surface area (Å²) in [6.07, 6.45) is 12.7. The van der Waals surface area contributed by atoms with Crippen LogP contribution in [0.1, 0.15) is 85.5 Å². The van der Waals surface area contributed by atoms with Gasteiger partial charge in [-0.25, -0.2) is 0 Å². The summed E-state index contributed by atoms with van der Waals surface area (Å²) >= 11 is 0. The zero-order valence-electron chi connectivity index (χ0n) is 16.9. The zero-order valence-corrected chi connectivity index (χ0v) is 16.9. The van der Waals surface area contributed by atoms with E-state index in [2.05, 4.69) is 56.9 Å². The summed E-state index contributed by atoms with van der Waals surface area (Å²) in [5.41, 5.74) is 3.74. The maximum atomic E-state index is 2.81. The Morgan fingerprint density at radius 1 is 0.800 bits per heavy atom. The van der Waals surface area contributed by atoms with Crippen molar-refractivity contribution in [3.8, 4) is 0 Å². The van der Waals surface area contributed by atoms with Gasteiger partial charge in [0.15, 0.2) is 6.71 Å². The van der Waals surface area contributed by atoms with E-state index in [0.29, 0.717) is 0 Å². The molecule has 1 nitrogen and oxygen atoms in total. The Bertz CT molecular complexity index is 582. The number of fused-ring (bicyclic) bond motifs is 2. The fraction of sp³-hybridized carbons (Fsp3) is 0.739. The fourth-order valence-electron chi connectivity index (χ4n) is 6.81. The molecule has 0 N–H and O–H groups in total. The number of piperidine rings is 1. The van der Waals surface area contributed by atoms with Crippen LogP contribution in [0, 0.1) is 0 Å². The Morgan fingerprint density at radius 2 is 1.32 bits per heavy atom. The normalized spacial score (nSPS) is 31.0. The van der Waals surface area contributed by atoms with E-state index in [0.717, 1.165) is 18.3 Å². The maximum Gasteiger partial charge on any atom is 0.184 e. The van der Waals surface area contributed by atoms with Gasteiger partial charge in [0.05, 0.1) is 0 Å². The first-order valence-electron chi connectivity index (χ1n) is 10.8. The summed E-state index contributed by atoms with van der Waals surface area (Å²) in [6.45, 7) is 10.7. The Balaban J connectivity index is 1.79. The third-order valence-corrected chi connectivity index (χ3v) is 7.64. The molecule has 4 rings (SSSR count). The van der Waals surface area contributed by atoms with Crippen LogP contribution < -0.4 is 10.4 Å². The first-order valence-corrected chi connectivity index (χ1v) is 10.8. The minimum atomic E-state index is 0.252. The van der Waals surface area contributed by atoms with Crippen molar-refractivity contribution >= 4 is 17.9 Å². The Morgan fingerprint density at radius 3 is 1.88 bits per heavy atom. The highest BCUT2D eigenvalue weighted by Gasteiger charge is 2.46.